The van der Waals surface area contributed by atoms with Crippen molar-refractivity contribution in [2.75, 3.05) is 0 Å². The summed E-state index contributed by atoms with van der Waals surface area (Å²) in [6.07, 6.45) is 7.92. The van der Waals surface area contributed by atoms with Gasteiger partial charge in [-0.3, -0.25) is 0 Å². The second-order valence-corrected chi connectivity index (χ2v) is 7.58. The predicted octanol–water partition coefficient (Wildman–Crippen LogP) is 4.98. The summed E-state index contributed by atoms with van der Waals surface area (Å²) in [6, 6.07) is 15.8. The van der Waals surface area contributed by atoms with Gasteiger partial charge in [-0.25, -0.2) is 0 Å². The first-order valence-electron chi connectivity index (χ1n) is 9.60. The van der Waals surface area contributed by atoms with Gasteiger partial charge < -0.3 is 9.55 Å². The first-order valence-corrected chi connectivity index (χ1v) is 9.60. The fourth-order valence-electron chi connectivity index (χ4n) is 3.77. The molecule has 2 aromatic heterocycles. The Labute approximate surface area is 174 Å². The van der Waals surface area contributed by atoms with E-state index in [-0.39, 0.29) is 20.1 Å². The van der Waals surface area contributed by atoms with Crippen LogP contribution in [-0.4, -0.2) is 19.7 Å². The summed E-state index contributed by atoms with van der Waals surface area (Å²) in [5, 5.41) is 8.96. The summed E-state index contributed by atoms with van der Waals surface area (Å²) in [5.74, 6) is 2.91. The minimum Gasteiger partial charge on any atom is -0.356 e. The maximum Gasteiger partial charge on any atom is 0.128 e. The number of pyridine rings is 1. The molecule has 143 valence electrons. The molecule has 0 aliphatic heterocycles. The van der Waals surface area contributed by atoms with Crippen molar-refractivity contribution < 1.29 is 20.1 Å². The van der Waals surface area contributed by atoms with Crippen LogP contribution in [0.1, 0.15) is 57.0 Å². The number of rotatable bonds is 5. The Morgan fingerprint density at radius 3 is 2.48 bits per heavy atom. The molecular weight excluding hydrogens is 512 g/mol. The van der Waals surface area contributed by atoms with Crippen LogP contribution < -0.4 is 0 Å². The second kappa shape index (κ2) is 8.90. The van der Waals surface area contributed by atoms with E-state index in [0.29, 0.717) is 11.8 Å². The summed E-state index contributed by atoms with van der Waals surface area (Å²) in [6.45, 7) is 4.40. The first-order chi connectivity index (χ1) is 12.7. The monoisotopic (exact) mass is 538 g/mol. The number of benzene rings is 1. The number of hydrogen-bond acceptors (Lipinski definition) is 3. The number of hydrogen-bond donors (Lipinski definition) is 0. The number of para-hydroxylation sites is 1. The molecule has 0 bridgehead atoms. The van der Waals surface area contributed by atoms with Gasteiger partial charge in [0.2, 0.25) is 0 Å². The number of aromatic nitrogens is 4. The van der Waals surface area contributed by atoms with Crippen LogP contribution in [-0.2, 0) is 26.5 Å². The van der Waals surface area contributed by atoms with Gasteiger partial charge >= 0.3 is 0 Å². The van der Waals surface area contributed by atoms with Crippen molar-refractivity contribution in [1.82, 2.24) is 19.7 Å². The minimum atomic E-state index is 0. The van der Waals surface area contributed by atoms with E-state index >= 15 is 0 Å². The third kappa shape index (κ3) is 4.36. The van der Waals surface area contributed by atoms with Crippen LogP contribution in [0.5, 0.6) is 0 Å². The quantitative estimate of drug-likeness (QED) is 0.431. The Hall–Kier alpha value is -1.84. The van der Waals surface area contributed by atoms with E-state index in [4.69, 9.17) is 4.98 Å². The van der Waals surface area contributed by atoms with E-state index < -0.39 is 0 Å². The van der Waals surface area contributed by atoms with Gasteiger partial charge in [0.1, 0.15) is 5.82 Å². The van der Waals surface area contributed by atoms with Crippen LogP contribution in [0.2, 0.25) is 0 Å². The van der Waals surface area contributed by atoms with Crippen LogP contribution in [0.25, 0.3) is 17.1 Å². The Morgan fingerprint density at radius 2 is 1.85 bits per heavy atom. The van der Waals surface area contributed by atoms with Crippen molar-refractivity contribution in [2.45, 2.75) is 51.9 Å². The molecule has 0 unspecified atom stereocenters. The molecule has 5 heteroatoms. The molecule has 2 heterocycles. The van der Waals surface area contributed by atoms with Gasteiger partial charge in [-0.2, -0.15) is 5.10 Å². The van der Waals surface area contributed by atoms with Crippen molar-refractivity contribution in [3.05, 3.63) is 60.2 Å². The van der Waals surface area contributed by atoms with Crippen molar-refractivity contribution in [3.63, 3.8) is 0 Å². The van der Waals surface area contributed by atoms with Crippen LogP contribution in [0.4, 0.5) is 0 Å². The summed E-state index contributed by atoms with van der Waals surface area (Å²) in [5.41, 5.74) is 3.15. The fourth-order valence-corrected chi connectivity index (χ4v) is 3.77. The van der Waals surface area contributed by atoms with Gasteiger partial charge in [0, 0.05) is 32.2 Å². The molecule has 1 fully saturated rings. The van der Waals surface area contributed by atoms with Gasteiger partial charge in [-0.05, 0) is 29.7 Å². The topological polar surface area (TPSA) is 43.6 Å². The maximum atomic E-state index is 4.73. The smallest absolute Gasteiger partial charge is 0.128 e. The largest absolute Gasteiger partial charge is 0.356 e. The molecule has 27 heavy (non-hydrogen) atoms. The zero-order valence-electron chi connectivity index (χ0n) is 15.9. The summed E-state index contributed by atoms with van der Waals surface area (Å²) in [7, 11) is 0. The fraction of sp³-hybridized carbons (Fsp3) is 0.409. The summed E-state index contributed by atoms with van der Waals surface area (Å²) in [4.78, 5) is 4.73. The zero-order chi connectivity index (χ0) is 17.9. The third-order valence-electron chi connectivity index (χ3n) is 5.07. The molecule has 1 radical (unpaired) electrons. The van der Waals surface area contributed by atoms with E-state index in [2.05, 4.69) is 52.9 Å². The van der Waals surface area contributed by atoms with Crippen LogP contribution in [0, 0.1) is 12.0 Å². The molecule has 0 N–H and O–H groups in total. The summed E-state index contributed by atoms with van der Waals surface area (Å²) < 4.78 is 2.14. The molecule has 4 rings (SSSR count). The molecular formula is C22H25IrN4-. The second-order valence-electron chi connectivity index (χ2n) is 7.58. The normalized spacial score (nSPS) is 14.5. The molecule has 1 aliphatic rings. The van der Waals surface area contributed by atoms with Crippen molar-refractivity contribution in [2.24, 2.45) is 5.92 Å². The van der Waals surface area contributed by atoms with E-state index in [1.807, 2.05) is 24.4 Å². The van der Waals surface area contributed by atoms with E-state index in [0.717, 1.165) is 29.3 Å². The van der Waals surface area contributed by atoms with Crippen LogP contribution in [0.15, 0.2) is 42.6 Å². The Balaban J connectivity index is 0.00000210. The molecule has 1 saturated carbocycles. The molecule has 1 aromatic carbocycles. The van der Waals surface area contributed by atoms with E-state index in [1.165, 1.54) is 31.4 Å². The van der Waals surface area contributed by atoms with Gasteiger partial charge in [0.05, 0.1) is 5.82 Å². The van der Waals surface area contributed by atoms with Crippen molar-refractivity contribution in [1.29, 1.82) is 0 Å². The summed E-state index contributed by atoms with van der Waals surface area (Å²) >= 11 is 0. The molecule has 0 saturated heterocycles. The molecule has 4 nitrogen and oxygen atoms in total. The first kappa shape index (κ1) is 19.9. The molecule has 3 aromatic rings. The molecule has 0 spiro atoms. The van der Waals surface area contributed by atoms with E-state index in [9.17, 15) is 0 Å². The zero-order valence-corrected chi connectivity index (χ0v) is 18.2. The average Bonchev–Trinajstić information content (AvgIpc) is 3.32. The standard InChI is InChI=1S/C22H25N4.Ir/c1-16(2)14-21-24-25-22(26(21)19-10-4-3-5-11-19)18-12-13-20(23-15-18)17-8-6-7-9-17;/h3-5,10-11,13,15-17H,6-9,14H2,1-2H3;/q-1;. The number of nitrogens with zero attached hydrogens (tertiary/aromatic N) is 4. The van der Waals surface area contributed by atoms with Crippen molar-refractivity contribution in [3.8, 4) is 17.1 Å². The van der Waals surface area contributed by atoms with E-state index in [1.54, 1.807) is 0 Å². The Kier molecular flexibility index (Phi) is 6.56. The van der Waals surface area contributed by atoms with Gasteiger partial charge in [0.15, 0.2) is 0 Å². The Morgan fingerprint density at radius 1 is 1.11 bits per heavy atom. The predicted molar refractivity (Wildman–Crippen MR) is 103 cm³/mol. The third-order valence-corrected chi connectivity index (χ3v) is 5.07. The SMILES string of the molecule is CC(C)Cc1nnc(-c2[c-]cc(C3CCCC3)nc2)n1-c1ccccc1.[Ir]. The molecule has 0 amide bonds. The minimum absolute atomic E-state index is 0. The maximum absolute atomic E-state index is 4.73. The molecule has 1 aliphatic carbocycles. The van der Waals surface area contributed by atoms with Crippen LogP contribution in [0.3, 0.4) is 0 Å². The van der Waals surface area contributed by atoms with Gasteiger partial charge in [0.25, 0.3) is 0 Å². The van der Waals surface area contributed by atoms with Gasteiger partial charge in [-0.15, -0.1) is 17.2 Å². The van der Waals surface area contributed by atoms with Crippen molar-refractivity contribution >= 4 is 0 Å². The van der Waals surface area contributed by atoms with Crippen LogP contribution >= 0.6 is 0 Å². The molecule has 0 atom stereocenters. The van der Waals surface area contributed by atoms with Gasteiger partial charge in [-0.1, -0.05) is 69.5 Å². The Bertz CT molecular complexity index is 850. The average molecular weight is 538 g/mol.